The van der Waals surface area contributed by atoms with E-state index in [9.17, 15) is 23.7 Å². The minimum absolute atomic E-state index is 0.0167. The van der Waals surface area contributed by atoms with Crippen molar-refractivity contribution in [1.82, 2.24) is 30.6 Å². The van der Waals surface area contributed by atoms with E-state index in [1.165, 1.54) is 16.2 Å². The molecule has 2 saturated heterocycles. The normalized spacial score (nSPS) is 24.3. The van der Waals surface area contributed by atoms with Crippen LogP contribution in [0.1, 0.15) is 67.2 Å². The number of amides is 4. The topological polar surface area (TPSA) is 169 Å². The number of hydrogen-bond acceptors (Lipinski definition) is 10. The van der Waals surface area contributed by atoms with Crippen LogP contribution in [0.25, 0.3) is 21.6 Å². The zero-order valence-electron chi connectivity index (χ0n) is 31.1. The number of carbonyl (C=O) groups is 4. The van der Waals surface area contributed by atoms with Crippen LogP contribution in [0.15, 0.2) is 54.4 Å². The summed E-state index contributed by atoms with van der Waals surface area (Å²) < 4.78 is 25.4. The quantitative estimate of drug-likeness (QED) is 0.168. The van der Waals surface area contributed by atoms with Crippen LogP contribution in [0.3, 0.4) is 0 Å². The molecule has 6 rings (SSSR count). The molecule has 0 bridgehead atoms. The summed E-state index contributed by atoms with van der Waals surface area (Å²) in [5.41, 5.74) is -1.10. The first-order valence-corrected chi connectivity index (χ1v) is 21.0. The van der Waals surface area contributed by atoms with E-state index in [0.717, 1.165) is 17.7 Å². The van der Waals surface area contributed by atoms with Crippen LogP contribution in [0.2, 0.25) is 0 Å². The number of thiophene rings is 1. The van der Waals surface area contributed by atoms with E-state index in [-0.39, 0.29) is 31.2 Å². The maximum Gasteiger partial charge on any atom is 0.408 e. The Balaban J connectivity index is 1.32. The predicted molar refractivity (Wildman–Crippen MR) is 204 cm³/mol. The summed E-state index contributed by atoms with van der Waals surface area (Å²) in [4.78, 5) is 67.7. The fraction of sp³-hybridized carbons (Fsp3) is 0.526. The van der Waals surface area contributed by atoms with Crippen molar-refractivity contribution in [2.75, 3.05) is 18.9 Å². The Morgan fingerprint density at radius 3 is 2.30 bits per heavy atom. The smallest absolute Gasteiger partial charge is 0.408 e. The number of para-hydroxylation sites is 2. The first kappa shape index (κ1) is 38.4. The number of aromatic nitrogens is 2. The van der Waals surface area contributed by atoms with E-state index in [1.54, 1.807) is 26.8 Å². The van der Waals surface area contributed by atoms with E-state index >= 15 is 0 Å². The molecule has 13 nitrogen and oxygen atoms in total. The molecule has 1 aliphatic carbocycles. The number of nitrogens with one attached hydrogen (secondary N) is 3. The van der Waals surface area contributed by atoms with E-state index < -0.39 is 65.9 Å². The van der Waals surface area contributed by atoms with Crippen molar-refractivity contribution in [1.29, 1.82) is 0 Å². The van der Waals surface area contributed by atoms with Gasteiger partial charge < -0.3 is 34.7 Å². The van der Waals surface area contributed by atoms with Crippen molar-refractivity contribution in [3.8, 4) is 16.5 Å². The third-order valence-corrected chi connectivity index (χ3v) is 13.4. The number of rotatable bonds is 10. The Hall–Kier alpha value is -4.29. The van der Waals surface area contributed by atoms with Crippen molar-refractivity contribution < 1.29 is 33.2 Å². The molecule has 1 unspecified atom stereocenters. The van der Waals surface area contributed by atoms with E-state index in [0.29, 0.717) is 29.1 Å². The third kappa shape index (κ3) is 8.44. The molecule has 284 valence electrons. The van der Waals surface area contributed by atoms with Gasteiger partial charge in [-0.3, -0.25) is 14.4 Å². The molecule has 1 aromatic carbocycles. The monoisotopic (exact) mass is 764 g/mol. The van der Waals surface area contributed by atoms with E-state index in [2.05, 4.69) is 22.3 Å². The van der Waals surface area contributed by atoms with Gasteiger partial charge in [0.15, 0.2) is 7.29 Å². The van der Waals surface area contributed by atoms with Crippen molar-refractivity contribution in [2.24, 2.45) is 11.3 Å². The zero-order chi connectivity index (χ0) is 38.3. The number of likely N-dealkylation sites (tertiary alicyclic amines) is 1. The molecule has 0 radical (unpaired) electrons. The number of benzene rings is 1. The SMILES string of the molecule is C=CC1C[C@]1(NC(=O)[C@@H]1C[C@@H](Oc2nc3ccccc3nc2-c2cccs2)CN1C(=O)[C@@H](NC(=O)OC(C)(C)C)C(C)(C)C)C(=O)NP1(=O)CCCC1. The van der Waals surface area contributed by atoms with Crippen molar-refractivity contribution in [3.05, 3.63) is 54.4 Å². The molecule has 1 saturated carbocycles. The van der Waals surface area contributed by atoms with Crippen LogP contribution in [0.4, 0.5) is 4.79 Å². The molecule has 3 aromatic rings. The molecule has 4 amide bonds. The van der Waals surface area contributed by atoms with Crippen LogP contribution in [-0.2, 0) is 23.7 Å². The van der Waals surface area contributed by atoms with Gasteiger partial charge in [0.2, 0.25) is 17.7 Å². The molecule has 2 aliphatic heterocycles. The second-order valence-corrected chi connectivity index (χ2v) is 20.1. The Labute approximate surface area is 314 Å². The van der Waals surface area contributed by atoms with Gasteiger partial charge in [0, 0.05) is 24.7 Å². The first-order chi connectivity index (χ1) is 24.9. The molecule has 2 aromatic heterocycles. The van der Waals surface area contributed by atoms with Crippen molar-refractivity contribution in [3.63, 3.8) is 0 Å². The molecule has 53 heavy (non-hydrogen) atoms. The van der Waals surface area contributed by atoms with Gasteiger partial charge in [0.1, 0.15) is 35.0 Å². The molecular weight excluding hydrogens is 715 g/mol. The second kappa shape index (κ2) is 14.5. The molecule has 3 fully saturated rings. The van der Waals surface area contributed by atoms with Crippen LogP contribution < -0.4 is 20.5 Å². The zero-order valence-corrected chi connectivity index (χ0v) is 32.9. The van der Waals surface area contributed by atoms with Gasteiger partial charge in [-0.05, 0) is 69.0 Å². The van der Waals surface area contributed by atoms with Gasteiger partial charge in [-0.25, -0.2) is 14.8 Å². The summed E-state index contributed by atoms with van der Waals surface area (Å²) in [6.07, 6.45) is 2.87. The summed E-state index contributed by atoms with van der Waals surface area (Å²) in [5.74, 6) is -1.70. The second-order valence-electron chi connectivity index (χ2n) is 16.3. The summed E-state index contributed by atoms with van der Waals surface area (Å²) in [5, 5.41) is 10.4. The minimum Gasteiger partial charge on any atom is -0.471 e. The highest BCUT2D eigenvalue weighted by Gasteiger charge is 2.61. The lowest BCUT2D eigenvalue weighted by atomic mass is 9.85. The Morgan fingerprint density at radius 1 is 1.04 bits per heavy atom. The number of alkyl carbamates (subject to hydrolysis) is 1. The Kier molecular flexibility index (Phi) is 10.5. The standard InChI is InChI=1S/C38H49N6O7PS/c1-8-23-21-38(23,34(47)43-52(49)17-11-12-18-52)42-31(45)27-20-24(22-44(27)33(46)30(36(2,3)4)41-35(48)51-37(5,6)7)50-32-29(28-16-13-19-53-28)39-25-14-9-10-15-26(25)40-32/h8-10,13-16,19,23-24,27,30H,1,11-12,17-18,20-22H2,2-7H3,(H,41,48)(H,42,45)(H,43,47,49)/t23?,24-,27+,30-,38-/m1/s1. The number of fused-ring (bicyclic) bond motifs is 1. The fourth-order valence-corrected chi connectivity index (χ4v) is 10.2. The molecule has 15 heteroatoms. The Morgan fingerprint density at radius 2 is 1.72 bits per heavy atom. The summed E-state index contributed by atoms with van der Waals surface area (Å²) >= 11 is 1.48. The highest BCUT2D eigenvalue weighted by atomic mass is 32.1. The summed E-state index contributed by atoms with van der Waals surface area (Å²) in [6, 6.07) is 9.10. The van der Waals surface area contributed by atoms with Gasteiger partial charge in [0.25, 0.3) is 5.91 Å². The van der Waals surface area contributed by atoms with Crippen molar-refractivity contribution >= 4 is 53.5 Å². The van der Waals surface area contributed by atoms with Gasteiger partial charge in [-0.2, -0.15) is 0 Å². The summed E-state index contributed by atoms with van der Waals surface area (Å²) in [7, 11) is -2.90. The predicted octanol–water partition coefficient (Wildman–Crippen LogP) is 5.90. The summed E-state index contributed by atoms with van der Waals surface area (Å²) in [6.45, 7) is 14.5. The minimum atomic E-state index is -2.90. The maximum absolute atomic E-state index is 14.6. The average molecular weight is 765 g/mol. The molecular formula is C38H49N6O7PS. The van der Waals surface area contributed by atoms with Gasteiger partial charge in [-0.15, -0.1) is 17.9 Å². The average Bonchev–Trinajstić information content (AvgIpc) is 3.50. The lowest BCUT2D eigenvalue weighted by molar-refractivity contribution is -0.143. The maximum atomic E-state index is 14.6. The highest BCUT2D eigenvalue weighted by Crippen LogP contribution is 2.52. The number of hydrogen-bond donors (Lipinski definition) is 3. The number of carbonyl (C=O) groups excluding carboxylic acids is 4. The highest BCUT2D eigenvalue weighted by molar-refractivity contribution is 7.62. The lowest BCUT2D eigenvalue weighted by Gasteiger charge is -2.36. The largest absolute Gasteiger partial charge is 0.471 e. The van der Waals surface area contributed by atoms with Crippen LogP contribution >= 0.6 is 18.6 Å². The molecule has 3 N–H and O–H groups in total. The molecule has 3 aliphatic rings. The first-order valence-electron chi connectivity index (χ1n) is 18.0. The number of nitrogens with zero attached hydrogens (tertiary/aromatic N) is 3. The van der Waals surface area contributed by atoms with Crippen LogP contribution in [0.5, 0.6) is 5.88 Å². The number of ether oxygens (including phenoxy) is 2. The van der Waals surface area contributed by atoms with Crippen LogP contribution in [0, 0.1) is 11.3 Å². The van der Waals surface area contributed by atoms with Gasteiger partial charge in [0.05, 0.1) is 22.5 Å². The van der Waals surface area contributed by atoms with E-state index in [4.69, 9.17) is 19.4 Å². The van der Waals surface area contributed by atoms with Crippen molar-refractivity contribution in [2.45, 2.75) is 96.6 Å². The van der Waals surface area contributed by atoms with Gasteiger partial charge >= 0.3 is 6.09 Å². The fourth-order valence-electron chi connectivity index (χ4n) is 6.99. The van der Waals surface area contributed by atoms with Crippen LogP contribution in [-0.4, -0.2) is 86.9 Å². The molecule has 4 heterocycles. The Bertz CT molecular complexity index is 1950. The lowest BCUT2D eigenvalue weighted by Crippen LogP contribution is -2.60. The van der Waals surface area contributed by atoms with E-state index in [1.807, 2.05) is 62.5 Å². The third-order valence-electron chi connectivity index (χ3n) is 9.84. The van der Waals surface area contributed by atoms with Gasteiger partial charge in [-0.1, -0.05) is 45.0 Å². The molecule has 5 atom stereocenters. The molecule has 0 spiro atoms.